The SMILES string of the molecule is CN(c1ccc(-c2cccc3c2c2c4ccccc4c4ccccc4c2n3-c2ccc(-c3ccccc3)cc2)cc1)c1cccc(-c2ccccc2)c1. The van der Waals surface area contributed by atoms with Gasteiger partial charge in [-0.3, -0.25) is 0 Å². The van der Waals surface area contributed by atoms with Crippen LogP contribution in [0.2, 0.25) is 0 Å². The molecule has 0 N–H and O–H groups in total. The summed E-state index contributed by atoms with van der Waals surface area (Å²) >= 11 is 0. The van der Waals surface area contributed by atoms with Crippen LogP contribution in [0, 0.1) is 0 Å². The molecule has 10 rings (SSSR count). The van der Waals surface area contributed by atoms with E-state index in [1.54, 1.807) is 0 Å². The van der Waals surface area contributed by atoms with Gasteiger partial charge in [0, 0.05) is 40.3 Å². The lowest BCUT2D eigenvalue weighted by atomic mass is 9.93. The quantitative estimate of drug-likeness (QED) is 0.159. The Bertz CT molecular complexity index is 2920. The van der Waals surface area contributed by atoms with E-state index in [0.29, 0.717) is 0 Å². The largest absolute Gasteiger partial charge is 0.345 e. The van der Waals surface area contributed by atoms with Gasteiger partial charge in [0.15, 0.2) is 0 Å². The van der Waals surface area contributed by atoms with Crippen molar-refractivity contribution < 1.29 is 0 Å². The standard InChI is InChI=1S/C51H36N2/c1-52(42-19-12-18-39(34-42)36-16-6-3-7-17-36)40-30-28-38(29-31-40)43-24-13-25-48-49(43)50-46-22-10-8-20-44(46)45-21-9-11-23-47(45)51(50)53(48)41-32-26-37(27-33-41)35-14-4-2-5-15-35/h2-34H,1H3. The van der Waals surface area contributed by atoms with Crippen LogP contribution in [0.3, 0.4) is 0 Å². The summed E-state index contributed by atoms with van der Waals surface area (Å²) in [6.07, 6.45) is 0. The van der Waals surface area contributed by atoms with Crippen molar-refractivity contribution in [2.75, 3.05) is 11.9 Å². The van der Waals surface area contributed by atoms with Gasteiger partial charge >= 0.3 is 0 Å². The van der Waals surface area contributed by atoms with Gasteiger partial charge in [-0.15, -0.1) is 0 Å². The fourth-order valence-corrected chi connectivity index (χ4v) is 8.20. The molecule has 1 heterocycles. The van der Waals surface area contributed by atoms with Crippen molar-refractivity contribution in [3.63, 3.8) is 0 Å². The molecule has 0 saturated carbocycles. The van der Waals surface area contributed by atoms with Crippen LogP contribution in [-0.4, -0.2) is 11.6 Å². The molecule has 0 unspecified atom stereocenters. The van der Waals surface area contributed by atoms with Gasteiger partial charge in [-0.25, -0.2) is 0 Å². The van der Waals surface area contributed by atoms with Crippen LogP contribution >= 0.6 is 0 Å². The summed E-state index contributed by atoms with van der Waals surface area (Å²) in [6, 6.07) is 72.6. The summed E-state index contributed by atoms with van der Waals surface area (Å²) in [4.78, 5) is 2.27. The lowest BCUT2D eigenvalue weighted by Crippen LogP contribution is -2.09. The van der Waals surface area contributed by atoms with E-state index < -0.39 is 0 Å². The molecule has 0 aliphatic rings. The lowest BCUT2D eigenvalue weighted by Gasteiger charge is -2.21. The summed E-state index contributed by atoms with van der Waals surface area (Å²) in [6.45, 7) is 0. The van der Waals surface area contributed by atoms with Crippen LogP contribution in [0.4, 0.5) is 11.4 Å². The summed E-state index contributed by atoms with van der Waals surface area (Å²) in [5, 5.41) is 7.63. The van der Waals surface area contributed by atoms with Crippen LogP contribution in [0.15, 0.2) is 200 Å². The molecule has 0 atom stereocenters. The fourth-order valence-electron chi connectivity index (χ4n) is 8.20. The zero-order chi connectivity index (χ0) is 35.3. The number of hydrogen-bond acceptors (Lipinski definition) is 1. The first-order chi connectivity index (χ1) is 26.2. The Morgan fingerprint density at radius 1 is 0.358 bits per heavy atom. The Morgan fingerprint density at radius 3 is 1.58 bits per heavy atom. The van der Waals surface area contributed by atoms with E-state index in [1.165, 1.54) is 76.7 Å². The minimum absolute atomic E-state index is 1.14. The second kappa shape index (κ2) is 12.7. The van der Waals surface area contributed by atoms with Gasteiger partial charge in [-0.05, 0) is 92.0 Å². The van der Waals surface area contributed by atoms with Crippen molar-refractivity contribution in [3.8, 4) is 39.1 Å². The minimum Gasteiger partial charge on any atom is -0.345 e. The summed E-state index contributed by atoms with van der Waals surface area (Å²) < 4.78 is 2.49. The zero-order valence-electron chi connectivity index (χ0n) is 29.4. The third-order valence-corrected chi connectivity index (χ3v) is 10.8. The third kappa shape index (κ3) is 5.19. The molecule has 0 fully saturated rings. The fraction of sp³-hybridized carbons (Fsp3) is 0.0196. The van der Waals surface area contributed by atoms with Gasteiger partial charge in [0.1, 0.15) is 0 Å². The highest BCUT2D eigenvalue weighted by molar-refractivity contribution is 6.34. The number of anilines is 2. The molecular formula is C51H36N2. The van der Waals surface area contributed by atoms with Crippen LogP contribution in [0.5, 0.6) is 0 Å². The van der Waals surface area contributed by atoms with Gasteiger partial charge in [-0.2, -0.15) is 0 Å². The molecule has 2 nitrogen and oxygen atoms in total. The van der Waals surface area contributed by atoms with Gasteiger partial charge in [0.2, 0.25) is 0 Å². The van der Waals surface area contributed by atoms with Gasteiger partial charge in [0.05, 0.1) is 11.0 Å². The van der Waals surface area contributed by atoms with E-state index in [0.717, 1.165) is 17.1 Å². The minimum atomic E-state index is 1.14. The number of hydrogen-bond donors (Lipinski definition) is 0. The van der Waals surface area contributed by atoms with Crippen molar-refractivity contribution in [1.82, 2.24) is 4.57 Å². The summed E-state index contributed by atoms with van der Waals surface area (Å²) in [5.74, 6) is 0. The molecule has 0 aliphatic heterocycles. The Hall–Kier alpha value is -6.90. The number of rotatable bonds is 6. The highest BCUT2D eigenvalue weighted by Gasteiger charge is 2.21. The zero-order valence-corrected chi connectivity index (χ0v) is 29.4. The molecule has 0 bridgehead atoms. The van der Waals surface area contributed by atoms with Crippen LogP contribution in [0.1, 0.15) is 0 Å². The van der Waals surface area contributed by atoms with E-state index >= 15 is 0 Å². The highest BCUT2D eigenvalue weighted by atomic mass is 15.1. The summed E-state index contributed by atoms with van der Waals surface area (Å²) in [7, 11) is 2.15. The third-order valence-electron chi connectivity index (χ3n) is 10.8. The maximum Gasteiger partial charge on any atom is 0.0626 e. The molecule has 53 heavy (non-hydrogen) atoms. The molecule has 0 aliphatic carbocycles. The molecule has 0 saturated heterocycles. The molecule has 1 aromatic heterocycles. The first-order valence-electron chi connectivity index (χ1n) is 18.2. The molecule has 0 spiro atoms. The van der Waals surface area contributed by atoms with E-state index in [9.17, 15) is 0 Å². The molecule has 250 valence electrons. The maximum atomic E-state index is 2.49. The van der Waals surface area contributed by atoms with E-state index in [-0.39, 0.29) is 0 Å². The van der Waals surface area contributed by atoms with E-state index in [4.69, 9.17) is 0 Å². The molecule has 10 aromatic rings. The molecule has 0 amide bonds. The first-order valence-corrected chi connectivity index (χ1v) is 18.2. The predicted molar refractivity (Wildman–Crippen MR) is 227 cm³/mol. The van der Waals surface area contributed by atoms with Crippen molar-refractivity contribution >= 4 is 54.7 Å². The summed E-state index contributed by atoms with van der Waals surface area (Å²) in [5.41, 5.74) is 13.2. The average molecular weight is 677 g/mol. The van der Waals surface area contributed by atoms with Crippen molar-refractivity contribution in [2.45, 2.75) is 0 Å². The Kier molecular flexibility index (Phi) is 7.40. The molecule has 0 radical (unpaired) electrons. The second-order valence-electron chi connectivity index (χ2n) is 13.8. The monoisotopic (exact) mass is 676 g/mol. The smallest absolute Gasteiger partial charge is 0.0626 e. The van der Waals surface area contributed by atoms with Crippen molar-refractivity contribution in [2.24, 2.45) is 0 Å². The molecule has 2 heteroatoms. The number of aromatic nitrogens is 1. The van der Waals surface area contributed by atoms with E-state index in [2.05, 4.69) is 217 Å². The first kappa shape index (κ1) is 30.9. The van der Waals surface area contributed by atoms with Crippen LogP contribution in [0.25, 0.3) is 82.4 Å². The Balaban J connectivity index is 1.16. The molecular weight excluding hydrogens is 641 g/mol. The van der Waals surface area contributed by atoms with Crippen molar-refractivity contribution in [1.29, 1.82) is 0 Å². The van der Waals surface area contributed by atoms with Crippen molar-refractivity contribution in [3.05, 3.63) is 200 Å². The number of fused-ring (bicyclic) bond motifs is 8. The maximum absolute atomic E-state index is 2.49. The van der Waals surface area contributed by atoms with E-state index in [1.807, 2.05) is 0 Å². The topological polar surface area (TPSA) is 8.17 Å². The Morgan fingerprint density at radius 2 is 0.887 bits per heavy atom. The number of benzene rings is 9. The van der Waals surface area contributed by atoms with Gasteiger partial charge in [0.25, 0.3) is 0 Å². The lowest BCUT2D eigenvalue weighted by molar-refractivity contribution is 1.19. The van der Waals surface area contributed by atoms with Gasteiger partial charge < -0.3 is 9.47 Å². The van der Waals surface area contributed by atoms with Crippen LogP contribution in [-0.2, 0) is 0 Å². The number of nitrogens with zero attached hydrogens (tertiary/aromatic N) is 2. The normalized spacial score (nSPS) is 11.5. The predicted octanol–water partition coefficient (Wildman–Crippen LogP) is 13.9. The van der Waals surface area contributed by atoms with Crippen LogP contribution < -0.4 is 4.90 Å². The highest BCUT2D eigenvalue weighted by Crippen LogP contribution is 2.46. The van der Waals surface area contributed by atoms with Gasteiger partial charge in [-0.1, -0.05) is 158 Å². The average Bonchev–Trinajstić information content (AvgIpc) is 3.60. The Labute approximate surface area is 309 Å². The molecule has 9 aromatic carbocycles. The second-order valence-corrected chi connectivity index (χ2v) is 13.8.